The quantitative estimate of drug-likeness (QED) is 0.816. The third-order valence-electron chi connectivity index (χ3n) is 4.70. The highest BCUT2D eigenvalue weighted by Crippen LogP contribution is 2.29. The van der Waals surface area contributed by atoms with Gasteiger partial charge in [0, 0.05) is 31.7 Å². The van der Waals surface area contributed by atoms with Crippen molar-refractivity contribution in [1.29, 1.82) is 0 Å². The van der Waals surface area contributed by atoms with Gasteiger partial charge in [-0.1, -0.05) is 23.7 Å². The Balaban J connectivity index is 1.49. The van der Waals surface area contributed by atoms with Crippen LogP contribution >= 0.6 is 11.6 Å². The van der Waals surface area contributed by atoms with Crippen molar-refractivity contribution < 1.29 is 22.8 Å². The predicted octanol–water partition coefficient (Wildman–Crippen LogP) is 3.44. The van der Waals surface area contributed by atoms with E-state index in [1.54, 1.807) is 4.90 Å². The molecule has 0 aliphatic carbocycles. The fourth-order valence-electron chi connectivity index (χ4n) is 3.09. The third-order valence-corrected chi connectivity index (χ3v) is 5.02. The fraction of sp³-hybridized carbons (Fsp3) is 0.300. The summed E-state index contributed by atoms with van der Waals surface area (Å²) >= 11 is 6.20. The molecule has 5 nitrogen and oxygen atoms in total. The molecule has 2 amide bonds. The van der Waals surface area contributed by atoms with E-state index >= 15 is 0 Å². The number of nitrogens with one attached hydrogen (secondary N) is 1. The monoisotopic (exact) mass is 425 g/mol. The van der Waals surface area contributed by atoms with E-state index in [4.69, 9.17) is 11.6 Å². The third kappa shape index (κ3) is 5.20. The number of carbonyl (C=O) groups excluding carboxylic acids is 2. The Kier molecular flexibility index (Phi) is 6.32. The molecule has 9 heteroatoms. The van der Waals surface area contributed by atoms with Gasteiger partial charge in [0.05, 0.1) is 22.8 Å². The summed E-state index contributed by atoms with van der Waals surface area (Å²) in [6, 6.07) is 11.3. The maximum Gasteiger partial charge on any atom is 0.416 e. The first kappa shape index (κ1) is 21.0. The molecule has 0 bridgehead atoms. The number of halogens is 4. The second-order valence-corrected chi connectivity index (χ2v) is 6.98. The lowest BCUT2D eigenvalue weighted by atomic mass is 10.1. The zero-order valence-electron chi connectivity index (χ0n) is 15.4. The molecular formula is C20H19ClF3N3O2. The van der Waals surface area contributed by atoms with Gasteiger partial charge in [-0.3, -0.25) is 9.59 Å². The summed E-state index contributed by atoms with van der Waals surface area (Å²) in [7, 11) is 0. The van der Waals surface area contributed by atoms with E-state index in [0.717, 1.165) is 30.0 Å². The normalized spacial score (nSPS) is 14.6. The van der Waals surface area contributed by atoms with Gasteiger partial charge >= 0.3 is 6.18 Å². The molecule has 1 aliphatic rings. The highest BCUT2D eigenvalue weighted by Gasteiger charge is 2.30. The van der Waals surface area contributed by atoms with Crippen molar-refractivity contribution >= 4 is 29.1 Å². The SMILES string of the molecule is O=C(NCC(=O)N1CCN(c2ccccc2Cl)CC1)c1ccc(C(F)(F)F)cc1. The molecule has 1 N–H and O–H groups in total. The Morgan fingerprint density at radius 1 is 0.966 bits per heavy atom. The second kappa shape index (κ2) is 8.73. The lowest BCUT2D eigenvalue weighted by Gasteiger charge is -2.36. The van der Waals surface area contributed by atoms with Gasteiger partial charge in [0.25, 0.3) is 5.91 Å². The van der Waals surface area contributed by atoms with E-state index in [0.29, 0.717) is 31.2 Å². The van der Waals surface area contributed by atoms with Gasteiger partial charge < -0.3 is 15.1 Å². The maximum absolute atomic E-state index is 12.6. The van der Waals surface area contributed by atoms with Crippen molar-refractivity contribution in [3.63, 3.8) is 0 Å². The Labute approximate surface area is 171 Å². The molecule has 0 unspecified atom stereocenters. The molecule has 2 aromatic rings. The minimum Gasteiger partial charge on any atom is -0.367 e. The van der Waals surface area contributed by atoms with Crippen molar-refractivity contribution in [2.45, 2.75) is 6.18 Å². The number of carbonyl (C=O) groups is 2. The van der Waals surface area contributed by atoms with Crippen LogP contribution in [0.3, 0.4) is 0 Å². The number of hydrogen-bond donors (Lipinski definition) is 1. The average molecular weight is 426 g/mol. The zero-order valence-corrected chi connectivity index (χ0v) is 16.1. The van der Waals surface area contributed by atoms with Gasteiger partial charge in [-0.2, -0.15) is 13.2 Å². The first-order chi connectivity index (χ1) is 13.8. The number of amides is 2. The van der Waals surface area contributed by atoms with Crippen LogP contribution in [0.2, 0.25) is 5.02 Å². The van der Waals surface area contributed by atoms with Gasteiger partial charge in [0.1, 0.15) is 0 Å². The standard InChI is InChI=1S/C20H19ClF3N3O2/c21-16-3-1-2-4-17(16)26-9-11-27(12-10-26)18(28)13-25-19(29)14-5-7-15(8-6-14)20(22,23)24/h1-8H,9-13H2,(H,25,29). The summed E-state index contributed by atoms with van der Waals surface area (Å²) in [5.41, 5.74) is 0.146. The van der Waals surface area contributed by atoms with Gasteiger partial charge in [0.15, 0.2) is 0 Å². The number of nitrogens with zero attached hydrogens (tertiary/aromatic N) is 2. The van der Waals surface area contributed by atoms with Gasteiger partial charge in [-0.25, -0.2) is 0 Å². The Hall–Kier alpha value is -2.74. The molecule has 29 heavy (non-hydrogen) atoms. The molecule has 0 atom stereocenters. The van der Waals surface area contributed by atoms with Crippen LogP contribution in [-0.2, 0) is 11.0 Å². The van der Waals surface area contributed by atoms with E-state index < -0.39 is 17.6 Å². The number of hydrogen-bond acceptors (Lipinski definition) is 3. The highest BCUT2D eigenvalue weighted by molar-refractivity contribution is 6.33. The summed E-state index contributed by atoms with van der Waals surface area (Å²) < 4.78 is 37.7. The van der Waals surface area contributed by atoms with Crippen molar-refractivity contribution in [2.75, 3.05) is 37.6 Å². The zero-order chi connectivity index (χ0) is 21.0. The fourth-order valence-corrected chi connectivity index (χ4v) is 3.34. The van der Waals surface area contributed by atoms with Crippen molar-refractivity contribution in [2.24, 2.45) is 0 Å². The van der Waals surface area contributed by atoms with Crippen molar-refractivity contribution in [3.05, 3.63) is 64.7 Å². The van der Waals surface area contributed by atoms with Gasteiger partial charge in [-0.15, -0.1) is 0 Å². The number of para-hydroxylation sites is 1. The Morgan fingerprint density at radius 3 is 2.17 bits per heavy atom. The van der Waals surface area contributed by atoms with Crippen LogP contribution in [-0.4, -0.2) is 49.4 Å². The molecule has 1 fully saturated rings. The summed E-state index contributed by atoms with van der Waals surface area (Å²) in [5, 5.41) is 3.11. The molecule has 2 aromatic carbocycles. The van der Waals surface area contributed by atoms with Crippen LogP contribution in [0.1, 0.15) is 15.9 Å². The molecule has 154 valence electrons. The highest BCUT2D eigenvalue weighted by atomic mass is 35.5. The predicted molar refractivity (Wildman–Crippen MR) is 104 cm³/mol. The largest absolute Gasteiger partial charge is 0.416 e. The molecule has 0 radical (unpaired) electrons. The van der Waals surface area contributed by atoms with Crippen LogP contribution in [0.25, 0.3) is 0 Å². The van der Waals surface area contributed by atoms with Crippen molar-refractivity contribution in [1.82, 2.24) is 10.2 Å². The Bertz CT molecular complexity index is 879. The summed E-state index contributed by atoms with van der Waals surface area (Å²) in [4.78, 5) is 28.2. The van der Waals surface area contributed by atoms with E-state index in [2.05, 4.69) is 10.2 Å². The van der Waals surface area contributed by atoms with Crippen LogP contribution in [0.5, 0.6) is 0 Å². The maximum atomic E-state index is 12.6. The first-order valence-corrected chi connectivity index (χ1v) is 9.36. The average Bonchev–Trinajstić information content (AvgIpc) is 2.72. The number of alkyl halides is 3. The summed E-state index contributed by atoms with van der Waals surface area (Å²) in [5.74, 6) is -0.842. The van der Waals surface area contributed by atoms with Gasteiger partial charge in [0.2, 0.25) is 5.91 Å². The van der Waals surface area contributed by atoms with Crippen LogP contribution in [0.15, 0.2) is 48.5 Å². The minimum absolute atomic E-state index is 0.0642. The molecule has 0 aromatic heterocycles. The number of piperazine rings is 1. The van der Waals surface area contributed by atoms with Crippen LogP contribution in [0.4, 0.5) is 18.9 Å². The first-order valence-electron chi connectivity index (χ1n) is 8.98. The summed E-state index contributed by atoms with van der Waals surface area (Å²) in [6.07, 6.45) is -4.46. The van der Waals surface area contributed by atoms with Crippen LogP contribution < -0.4 is 10.2 Å². The van der Waals surface area contributed by atoms with Crippen LogP contribution in [0, 0.1) is 0 Å². The molecule has 0 spiro atoms. The minimum atomic E-state index is -4.46. The molecule has 1 heterocycles. The molecule has 0 saturated carbocycles. The lowest BCUT2D eigenvalue weighted by Crippen LogP contribution is -2.51. The topological polar surface area (TPSA) is 52.7 Å². The number of benzene rings is 2. The Morgan fingerprint density at radius 2 is 1.59 bits per heavy atom. The number of anilines is 1. The lowest BCUT2D eigenvalue weighted by molar-refractivity contribution is -0.137. The molecule has 3 rings (SSSR count). The number of rotatable bonds is 4. The van der Waals surface area contributed by atoms with E-state index in [1.807, 2.05) is 24.3 Å². The van der Waals surface area contributed by atoms with E-state index in [9.17, 15) is 22.8 Å². The second-order valence-electron chi connectivity index (χ2n) is 6.58. The molecule has 1 aliphatic heterocycles. The smallest absolute Gasteiger partial charge is 0.367 e. The van der Waals surface area contributed by atoms with E-state index in [1.165, 1.54) is 0 Å². The molecule has 1 saturated heterocycles. The van der Waals surface area contributed by atoms with E-state index in [-0.39, 0.29) is 18.0 Å². The van der Waals surface area contributed by atoms with Crippen molar-refractivity contribution in [3.8, 4) is 0 Å². The summed E-state index contributed by atoms with van der Waals surface area (Å²) in [6.45, 7) is 1.98. The van der Waals surface area contributed by atoms with Gasteiger partial charge in [-0.05, 0) is 36.4 Å². The molecular weight excluding hydrogens is 407 g/mol.